The Morgan fingerprint density at radius 1 is 0.931 bits per heavy atom. The molecule has 1 aliphatic rings. The second-order valence-electron chi connectivity index (χ2n) is 7.07. The van der Waals surface area contributed by atoms with Gasteiger partial charge in [0.05, 0.1) is 23.3 Å². The van der Waals surface area contributed by atoms with Gasteiger partial charge in [0.2, 0.25) is 0 Å². The average molecular weight is 404 g/mol. The third-order valence-corrected chi connectivity index (χ3v) is 6.04. The summed E-state index contributed by atoms with van der Waals surface area (Å²) < 4.78 is 5.37. The van der Waals surface area contributed by atoms with Crippen molar-refractivity contribution in [2.24, 2.45) is 0 Å². The molecule has 2 heterocycles. The van der Waals surface area contributed by atoms with Gasteiger partial charge in [-0.1, -0.05) is 54.1 Å². The van der Waals surface area contributed by atoms with Crippen molar-refractivity contribution >= 4 is 29.1 Å². The maximum absolute atomic E-state index is 13.3. The van der Waals surface area contributed by atoms with Crippen LogP contribution in [0, 0.1) is 13.8 Å². The molecule has 0 N–H and O–H groups in total. The van der Waals surface area contributed by atoms with E-state index in [0.29, 0.717) is 22.0 Å². The lowest BCUT2D eigenvalue weighted by Crippen LogP contribution is -2.30. The molecule has 4 rings (SSSR count). The number of hydrogen-bond acceptors (Lipinski definition) is 4. The molecule has 0 radical (unpaired) electrons. The number of benzene rings is 2. The molecule has 3 aromatic rings. The molecule has 0 unspecified atom stereocenters. The van der Waals surface area contributed by atoms with Crippen LogP contribution in [0.15, 0.2) is 76.2 Å². The highest BCUT2D eigenvalue weighted by molar-refractivity contribution is 8.03. The number of imide groups is 1. The lowest BCUT2D eigenvalue weighted by atomic mass is 9.99. The largest absolute Gasteiger partial charge is 0.467 e. The van der Waals surface area contributed by atoms with Gasteiger partial charge in [-0.2, -0.15) is 0 Å². The van der Waals surface area contributed by atoms with E-state index in [1.165, 1.54) is 16.7 Å². The second-order valence-corrected chi connectivity index (χ2v) is 8.06. The highest BCUT2D eigenvalue weighted by Crippen LogP contribution is 2.39. The molecule has 2 aromatic carbocycles. The van der Waals surface area contributed by atoms with Crippen LogP contribution in [-0.2, 0) is 21.9 Å². The topological polar surface area (TPSA) is 50.5 Å². The van der Waals surface area contributed by atoms with E-state index < -0.39 is 0 Å². The van der Waals surface area contributed by atoms with E-state index in [0.717, 1.165) is 22.3 Å². The van der Waals surface area contributed by atoms with Gasteiger partial charge in [-0.15, -0.1) is 11.8 Å². The smallest absolute Gasteiger partial charge is 0.268 e. The lowest BCUT2D eigenvalue weighted by Gasteiger charge is -2.14. The van der Waals surface area contributed by atoms with Gasteiger partial charge in [-0.3, -0.25) is 14.5 Å². The minimum Gasteiger partial charge on any atom is -0.467 e. The first-order chi connectivity index (χ1) is 14.0. The minimum atomic E-state index is -0.270. The van der Waals surface area contributed by atoms with Gasteiger partial charge in [0.15, 0.2) is 0 Å². The molecule has 0 fully saturated rings. The summed E-state index contributed by atoms with van der Waals surface area (Å²) in [5, 5.41) is 0. The van der Waals surface area contributed by atoms with Crippen molar-refractivity contribution in [2.75, 3.05) is 0 Å². The summed E-state index contributed by atoms with van der Waals surface area (Å²) in [6, 6.07) is 19.4. The van der Waals surface area contributed by atoms with Crippen LogP contribution in [0.3, 0.4) is 0 Å². The Hall–Kier alpha value is -3.05. The average Bonchev–Trinajstić information content (AvgIpc) is 3.30. The lowest BCUT2D eigenvalue weighted by molar-refractivity contribution is -0.137. The van der Waals surface area contributed by atoms with E-state index in [2.05, 4.69) is 0 Å². The third-order valence-electron chi connectivity index (χ3n) is 4.90. The van der Waals surface area contributed by atoms with Crippen molar-refractivity contribution in [3.8, 4) is 0 Å². The zero-order chi connectivity index (χ0) is 20.4. The Morgan fingerprint density at radius 3 is 2.41 bits per heavy atom. The Bertz CT molecular complexity index is 1080. The number of amides is 2. The van der Waals surface area contributed by atoms with Crippen LogP contribution >= 0.6 is 11.8 Å². The fourth-order valence-corrected chi connectivity index (χ4v) is 4.53. The second kappa shape index (κ2) is 8.13. The number of rotatable bonds is 6. The summed E-state index contributed by atoms with van der Waals surface area (Å²) in [6.07, 6.45) is 1.55. The number of nitrogens with zero attached hydrogens (tertiary/aromatic N) is 1. The molecule has 146 valence electrons. The van der Waals surface area contributed by atoms with Gasteiger partial charge in [0.25, 0.3) is 11.8 Å². The molecule has 0 atom stereocenters. The predicted octanol–water partition coefficient (Wildman–Crippen LogP) is 5.11. The number of aryl methyl sites for hydroxylation is 2. The summed E-state index contributed by atoms with van der Waals surface area (Å²) in [4.78, 5) is 28.3. The van der Waals surface area contributed by atoms with Crippen molar-refractivity contribution < 1.29 is 14.0 Å². The summed E-state index contributed by atoms with van der Waals surface area (Å²) in [7, 11) is 0. The number of carbonyl (C=O) groups is 2. The fraction of sp³-hybridized carbons (Fsp3) is 0.167. The molecule has 4 nitrogen and oxygen atoms in total. The normalized spacial score (nSPS) is 14.2. The Balaban J connectivity index is 1.71. The minimum absolute atomic E-state index is 0.133. The zero-order valence-corrected chi connectivity index (χ0v) is 17.2. The van der Waals surface area contributed by atoms with Crippen LogP contribution in [0.4, 0.5) is 0 Å². The van der Waals surface area contributed by atoms with Crippen LogP contribution < -0.4 is 0 Å². The fourth-order valence-electron chi connectivity index (χ4n) is 3.45. The number of hydrogen-bond donors (Lipinski definition) is 0. The quantitative estimate of drug-likeness (QED) is 0.537. The maximum Gasteiger partial charge on any atom is 0.268 e. The molecule has 0 bridgehead atoms. The van der Waals surface area contributed by atoms with Gasteiger partial charge < -0.3 is 4.42 Å². The molecule has 2 amide bonds. The van der Waals surface area contributed by atoms with Gasteiger partial charge in [-0.05, 0) is 42.7 Å². The summed E-state index contributed by atoms with van der Waals surface area (Å²) in [5.41, 5.74) is 4.51. The van der Waals surface area contributed by atoms with Crippen molar-refractivity contribution in [2.45, 2.75) is 26.1 Å². The Morgan fingerprint density at radius 2 is 1.72 bits per heavy atom. The van der Waals surface area contributed by atoms with Crippen LogP contribution in [0.2, 0.25) is 0 Å². The van der Waals surface area contributed by atoms with Gasteiger partial charge in [-0.25, -0.2) is 0 Å². The predicted molar refractivity (Wildman–Crippen MR) is 115 cm³/mol. The summed E-state index contributed by atoms with van der Waals surface area (Å²) >= 11 is 1.42. The highest BCUT2D eigenvalue weighted by atomic mass is 32.2. The van der Waals surface area contributed by atoms with Crippen LogP contribution in [0.25, 0.3) is 5.57 Å². The molecule has 1 aromatic heterocycles. The van der Waals surface area contributed by atoms with Crippen LogP contribution in [0.5, 0.6) is 0 Å². The van der Waals surface area contributed by atoms with E-state index >= 15 is 0 Å². The van der Waals surface area contributed by atoms with E-state index in [-0.39, 0.29) is 18.4 Å². The molecule has 1 aliphatic heterocycles. The first-order valence-electron chi connectivity index (χ1n) is 9.42. The van der Waals surface area contributed by atoms with Crippen molar-refractivity contribution in [3.05, 3.63) is 99.8 Å². The highest BCUT2D eigenvalue weighted by Gasteiger charge is 2.40. The van der Waals surface area contributed by atoms with Gasteiger partial charge >= 0.3 is 0 Å². The van der Waals surface area contributed by atoms with Crippen LogP contribution in [-0.4, -0.2) is 16.7 Å². The van der Waals surface area contributed by atoms with Gasteiger partial charge in [0, 0.05) is 5.75 Å². The molecule has 0 saturated carbocycles. The monoisotopic (exact) mass is 403 g/mol. The molecule has 0 spiro atoms. The van der Waals surface area contributed by atoms with Crippen molar-refractivity contribution in [1.29, 1.82) is 0 Å². The van der Waals surface area contributed by atoms with Crippen molar-refractivity contribution in [3.63, 3.8) is 0 Å². The Labute approximate surface area is 174 Å². The van der Waals surface area contributed by atoms with E-state index in [1.807, 2.05) is 62.4 Å². The molecular weight excluding hydrogens is 382 g/mol. The number of thioether (sulfide) groups is 1. The third kappa shape index (κ3) is 3.91. The first-order valence-corrected chi connectivity index (χ1v) is 10.4. The SMILES string of the molecule is Cc1ccc(C2=C(SCc3ccccc3)C(=O)N(Cc3ccco3)C2=O)c(C)c1. The number of carbonyl (C=O) groups excluding carboxylic acids is 2. The molecule has 29 heavy (non-hydrogen) atoms. The zero-order valence-electron chi connectivity index (χ0n) is 16.3. The number of furan rings is 1. The van der Waals surface area contributed by atoms with E-state index in [1.54, 1.807) is 18.4 Å². The van der Waals surface area contributed by atoms with Crippen LogP contribution in [0.1, 0.15) is 28.0 Å². The molecular formula is C24H21NO3S. The summed E-state index contributed by atoms with van der Waals surface area (Å²) in [6.45, 7) is 4.12. The van der Waals surface area contributed by atoms with E-state index in [4.69, 9.17) is 4.42 Å². The maximum atomic E-state index is 13.3. The Kier molecular flexibility index (Phi) is 5.41. The standard InChI is InChI=1S/C24H21NO3S/c1-16-10-11-20(17(2)13-16)21-22(29-15-18-7-4-3-5-8-18)24(27)25(23(21)26)14-19-9-6-12-28-19/h3-13H,14-15H2,1-2H3. The summed E-state index contributed by atoms with van der Waals surface area (Å²) in [5.74, 6) is 0.676. The molecule has 0 saturated heterocycles. The first kappa shape index (κ1) is 19.3. The van der Waals surface area contributed by atoms with Crippen molar-refractivity contribution in [1.82, 2.24) is 4.90 Å². The van der Waals surface area contributed by atoms with E-state index in [9.17, 15) is 9.59 Å². The molecule has 0 aliphatic carbocycles. The van der Waals surface area contributed by atoms with Gasteiger partial charge in [0.1, 0.15) is 5.76 Å². The molecule has 5 heteroatoms.